The van der Waals surface area contributed by atoms with Crippen LogP contribution in [0.5, 0.6) is 0 Å². The Bertz CT molecular complexity index is 645. The fourth-order valence-corrected chi connectivity index (χ4v) is 2.56. The zero-order valence-corrected chi connectivity index (χ0v) is 11.0. The number of nitrogens with zero attached hydrogens (tertiary/aromatic N) is 1. The van der Waals surface area contributed by atoms with Crippen LogP contribution in [-0.2, 0) is 11.8 Å². The third kappa shape index (κ3) is 2.21. The smallest absolute Gasteiger partial charge is 0.307 e. The molecule has 0 saturated carbocycles. The summed E-state index contributed by atoms with van der Waals surface area (Å²) in [6, 6.07) is 3.69. The number of hydrogen-bond acceptors (Lipinski definition) is 3. The lowest BCUT2D eigenvalue weighted by Gasteiger charge is -2.07. The molecule has 0 aliphatic heterocycles. The molecule has 4 nitrogen and oxygen atoms in total. The molecular weight excluding hydrogens is 260 g/mol. The molecule has 0 radical (unpaired) electrons. The molecule has 90 valence electrons. The van der Waals surface area contributed by atoms with Gasteiger partial charge in [-0.25, -0.2) is 0 Å². The highest BCUT2D eigenvalue weighted by Crippen LogP contribution is 2.25. The summed E-state index contributed by atoms with van der Waals surface area (Å²) in [5, 5.41) is 2.71. The Balaban J connectivity index is 2.56. The molecule has 1 N–H and O–H groups in total. The second kappa shape index (κ2) is 4.50. The third-order valence-electron chi connectivity index (χ3n) is 2.53. The van der Waals surface area contributed by atoms with Gasteiger partial charge in [-0.1, -0.05) is 11.3 Å². The number of amides is 1. The molecule has 2 rings (SSSR count). The maximum atomic E-state index is 11.5. The van der Waals surface area contributed by atoms with Crippen molar-refractivity contribution in [1.82, 2.24) is 4.57 Å². The quantitative estimate of drug-likeness (QED) is 0.850. The maximum absolute atomic E-state index is 11.5. The largest absolute Gasteiger partial charge is 0.325 e. The predicted molar refractivity (Wildman–Crippen MR) is 71.2 cm³/mol. The van der Waals surface area contributed by atoms with Gasteiger partial charge in [0, 0.05) is 12.7 Å². The summed E-state index contributed by atoms with van der Waals surface area (Å²) < 4.78 is 2.45. The van der Waals surface area contributed by atoms with Crippen molar-refractivity contribution in [1.29, 1.82) is 0 Å². The van der Waals surface area contributed by atoms with Crippen molar-refractivity contribution in [2.75, 3.05) is 11.2 Å². The van der Waals surface area contributed by atoms with Gasteiger partial charge in [0.15, 0.2) is 0 Å². The topological polar surface area (TPSA) is 51.1 Å². The molecule has 0 unspecified atom stereocenters. The molecular formula is C11H11ClN2O2S. The Kier molecular flexibility index (Phi) is 3.22. The summed E-state index contributed by atoms with van der Waals surface area (Å²) in [7, 11) is 1.73. The molecule has 6 heteroatoms. The van der Waals surface area contributed by atoms with Gasteiger partial charge in [0.25, 0.3) is 0 Å². The molecule has 0 fully saturated rings. The van der Waals surface area contributed by atoms with Crippen molar-refractivity contribution >= 4 is 44.7 Å². The molecule has 17 heavy (non-hydrogen) atoms. The van der Waals surface area contributed by atoms with Crippen LogP contribution in [0, 0.1) is 6.92 Å². The lowest BCUT2D eigenvalue weighted by Crippen LogP contribution is -2.13. The number of rotatable bonds is 2. The minimum atomic E-state index is -0.252. The number of nitrogens with one attached hydrogen (secondary N) is 1. The van der Waals surface area contributed by atoms with Crippen LogP contribution >= 0.6 is 22.9 Å². The molecule has 2 aromatic rings. The van der Waals surface area contributed by atoms with E-state index in [4.69, 9.17) is 11.6 Å². The van der Waals surface area contributed by atoms with E-state index in [1.165, 1.54) is 0 Å². The van der Waals surface area contributed by atoms with Crippen LogP contribution in [0.3, 0.4) is 0 Å². The molecule has 0 atom stereocenters. The first-order chi connectivity index (χ1) is 8.02. The van der Waals surface area contributed by atoms with Crippen molar-refractivity contribution in [3.8, 4) is 0 Å². The first-order valence-corrected chi connectivity index (χ1v) is 6.34. The fraction of sp³-hybridized carbons (Fsp3) is 0.273. The lowest BCUT2D eigenvalue weighted by atomic mass is 10.2. The molecule has 0 aliphatic carbocycles. The van der Waals surface area contributed by atoms with Gasteiger partial charge in [0.1, 0.15) is 5.88 Å². The molecule has 1 aromatic carbocycles. The number of carbonyl (C=O) groups is 1. The van der Waals surface area contributed by atoms with E-state index in [9.17, 15) is 9.59 Å². The SMILES string of the molecule is Cc1cc2c(cc1NC(=O)CCl)sc(=O)n2C. The monoisotopic (exact) mass is 270 g/mol. The zero-order valence-electron chi connectivity index (χ0n) is 9.41. The van der Waals surface area contributed by atoms with Gasteiger partial charge in [-0.05, 0) is 24.6 Å². The maximum Gasteiger partial charge on any atom is 0.307 e. The summed E-state index contributed by atoms with van der Waals surface area (Å²) in [5.74, 6) is -0.333. The standard InChI is InChI=1S/C11H11ClN2O2S/c1-6-3-8-9(17-11(16)14(8)2)4-7(6)13-10(15)5-12/h3-4H,5H2,1-2H3,(H,13,15). The van der Waals surface area contributed by atoms with Crippen molar-refractivity contribution < 1.29 is 4.79 Å². The number of hydrogen-bond donors (Lipinski definition) is 1. The van der Waals surface area contributed by atoms with Gasteiger partial charge in [-0.3, -0.25) is 9.59 Å². The number of alkyl halides is 1. The van der Waals surface area contributed by atoms with Gasteiger partial charge < -0.3 is 9.88 Å². The summed E-state index contributed by atoms with van der Waals surface area (Å²) >= 11 is 6.60. The first kappa shape index (κ1) is 12.1. The van der Waals surface area contributed by atoms with Crippen LogP contribution in [-0.4, -0.2) is 16.4 Å². The minimum absolute atomic E-state index is 0.0137. The number of aryl methyl sites for hydroxylation is 2. The van der Waals surface area contributed by atoms with Gasteiger partial charge >= 0.3 is 4.87 Å². The van der Waals surface area contributed by atoms with Crippen LogP contribution in [0.4, 0.5) is 5.69 Å². The van der Waals surface area contributed by atoms with E-state index >= 15 is 0 Å². The molecule has 0 spiro atoms. The molecule has 0 aliphatic rings. The van der Waals surface area contributed by atoms with Crippen molar-refractivity contribution in [2.45, 2.75) is 6.92 Å². The van der Waals surface area contributed by atoms with Crippen LogP contribution in [0.15, 0.2) is 16.9 Å². The highest BCUT2D eigenvalue weighted by atomic mass is 35.5. The number of thiazole rings is 1. The molecule has 1 heterocycles. The van der Waals surface area contributed by atoms with Crippen LogP contribution in [0.2, 0.25) is 0 Å². The number of aromatic nitrogens is 1. The molecule has 1 aromatic heterocycles. The van der Waals surface area contributed by atoms with Crippen molar-refractivity contribution in [3.05, 3.63) is 27.4 Å². The Morgan fingerprint density at radius 2 is 2.24 bits per heavy atom. The number of halogens is 1. The Labute approximate surface area is 107 Å². The summed E-state index contributed by atoms with van der Waals surface area (Å²) in [4.78, 5) is 22.7. The van der Waals surface area contributed by atoms with Crippen molar-refractivity contribution in [2.24, 2.45) is 7.05 Å². The van der Waals surface area contributed by atoms with Gasteiger partial charge in [-0.2, -0.15) is 0 Å². The van der Waals surface area contributed by atoms with E-state index in [1.54, 1.807) is 17.7 Å². The zero-order chi connectivity index (χ0) is 12.6. The van der Waals surface area contributed by atoms with E-state index in [0.717, 1.165) is 27.1 Å². The van der Waals surface area contributed by atoms with E-state index in [2.05, 4.69) is 5.32 Å². The van der Waals surface area contributed by atoms with E-state index in [-0.39, 0.29) is 16.7 Å². The van der Waals surface area contributed by atoms with E-state index in [0.29, 0.717) is 5.69 Å². The van der Waals surface area contributed by atoms with Crippen LogP contribution in [0.1, 0.15) is 5.56 Å². The molecule has 0 saturated heterocycles. The normalized spacial score (nSPS) is 10.8. The van der Waals surface area contributed by atoms with E-state index < -0.39 is 0 Å². The Morgan fingerprint density at radius 3 is 2.88 bits per heavy atom. The summed E-state index contributed by atoms with van der Waals surface area (Å²) in [5.41, 5.74) is 2.48. The number of anilines is 1. The first-order valence-electron chi connectivity index (χ1n) is 4.99. The average molecular weight is 271 g/mol. The fourth-order valence-electron chi connectivity index (χ4n) is 1.60. The van der Waals surface area contributed by atoms with Crippen LogP contribution < -0.4 is 10.2 Å². The number of benzene rings is 1. The average Bonchev–Trinajstić information content (AvgIpc) is 2.56. The Morgan fingerprint density at radius 1 is 1.53 bits per heavy atom. The van der Waals surface area contributed by atoms with Gasteiger partial charge in [0.05, 0.1) is 10.2 Å². The molecule has 1 amide bonds. The van der Waals surface area contributed by atoms with Gasteiger partial charge in [-0.15, -0.1) is 11.6 Å². The van der Waals surface area contributed by atoms with Crippen molar-refractivity contribution in [3.63, 3.8) is 0 Å². The second-order valence-corrected chi connectivity index (χ2v) is 5.00. The summed E-state index contributed by atoms with van der Waals surface area (Å²) in [6.07, 6.45) is 0. The number of carbonyl (C=O) groups excluding carboxylic acids is 1. The second-order valence-electron chi connectivity index (χ2n) is 3.74. The lowest BCUT2D eigenvalue weighted by molar-refractivity contribution is -0.113. The van der Waals surface area contributed by atoms with Gasteiger partial charge in [0.2, 0.25) is 5.91 Å². The minimum Gasteiger partial charge on any atom is -0.325 e. The Hall–Kier alpha value is -1.33. The predicted octanol–water partition coefficient (Wildman–Crippen LogP) is 2.09. The number of fused-ring (bicyclic) bond motifs is 1. The highest BCUT2D eigenvalue weighted by molar-refractivity contribution is 7.16. The summed E-state index contributed by atoms with van der Waals surface area (Å²) in [6.45, 7) is 1.88. The third-order valence-corrected chi connectivity index (χ3v) is 3.77. The molecule has 0 bridgehead atoms. The van der Waals surface area contributed by atoms with Crippen LogP contribution in [0.25, 0.3) is 10.2 Å². The highest BCUT2D eigenvalue weighted by Gasteiger charge is 2.09. The van der Waals surface area contributed by atoms with E-state index in [1.807, 2.05) is 13.0 Å².